The lowest BCUT2D eigenvalue weighted by molar-refractivity contribution is 1.60. The normalized spacial score (nSPS) is 7.57. The Kier molecular flexibility index (Phi) is 4.80. The van der Waals surface area contributed by atoms with E-state index >= 15 is 0 Å². The summed E-state index contributed by atoms with van der Waals surface area (Å²) in [5.41, 5.74) is 2.41. The molecule has 1 N–H and O–H groups in total. The number of rotatable bonds is 1. The lowest BCUT2D eigenvalue weighted by atomic mass is 10.6. The Morgan fingerprint density at radius 1 is 1.57 bits per heavy atom. The van der Waals surface area contributed by atoms with E-state index < -0.39 is 0 Å². The largest absolute Gasteiger partial charge is 0.251 e. The Morgan fingerprint density at radius 2 is 2.29 bits per heavy atom. The molecule has 36 valence electrons. The average molecular weight is 111 g/mol. The van der Waals surface area contributed by atoms with Gasteiger partial charge < -0.3 is 0 Å². The van der Waals surface area contributed by atoms with Gasteiger partial charge in [-0.05, 0) is 17.6 Å². The number of allylic oxidation sites excluding steroid dienone is 2. The monoisotopic (exact) mass is 111 g/mol. The average Bonchev–Trinajstić information content (AvgIpc) is 1.69. The minimum atomic E-state index is 1.56. The van der Waals surface area contributed by atoms with Gasteiger partial charge in [-0.1, -0.05) is 5.73 Å². The molecule has 0 aliphatic heterocycles. The van der Waals surface area contributed by atoms with Crippen molar-refractivity contribution in [3.63, 3.8) is 0 Å². The predicted molar refractivity (Wildman–Crippen MR) is 33.9 cm³/mol. The number of hydrogen-bond acceptors (Lipinski definition) is 2. The molecule has 0 rings (SSSR count). The quantitative estimate of drug-likeness (QED) is 0.221. The summed E-state index contributed by atoms with van der Waals surface area (Å²) in [6.07, 6.45) is 3.21. The van der Waals surface area contributed by atoms with E-state index in [9.17, 15) is 0 Å². The van der Waals surface area contributed by atoms with Crippen molar-refractivity contribution in [2.24, 2.45) is 0 Å². The molecule has 0 spiro atoms. The number of thiol groups is 1. The summed E-state index contributed by atoms with van der Waals surface area (Å²) in [6.45, 7) is 0. The van der Waals surface area contributed by atoms with Gasteiger partial charge in [0.25, 0.3) is 0 Å². The maximum absolute atomic E-state index is 6.33. The highest BCUT2D eigenvalue weighted by molar-refractivity contribution is 7.83. The van der Waals surface area contributed by atoms with Crippen molar-refractivity contribution in [1.29, 1.82) is 5.41 Å². The van der Waals surface area contributed by atoms with Crippen LogP contribution in [0.4, 0.5) is 0 Å². The lowest BCUT2D eigenvalue weighted by Crippen LogP contribution is -1.37. The van der Waals surface area contributed by atoms with Crippen molar-refractivity contribution in [2.75, 3.05) is 0 Å². The van der Waals surface area contributed by atoms with Crippen LogP contribution in [-0.2, 0) is 0 Å². The number of hydrogen-bond donors (Lipinski definition) is 2. The van der Waals surface area contributed by atoms with Crippen molar-refractivity contribution in [3.8, 4) is 0 Å². The molecular weight excluding hydrogens is 106 g/mol. The lowest BCUT2D eigenvalue weighted by Gasteiger charge is -1.56. The van der Waals surface area contributed by atoms with Gasteiger partial charge in [0, 0.05) is 5.87 Å². The van der Waals surface area contributed by atoms with Crippen molar-refractivity contribution in [2.45, 2.75) is 0 Å². The fourth-order valence-corrected chi connectivity index (χ4v) is 0.219. The summed E-state index contributed by atoms with van der Waals surface area (Å²) in [7, 11) is 0. The van der Waals surface area contributed by atoms with Crippen LogP contribution in [0.25, 0.3) is 0 Å². The van der Waals surface area contributed by atoms with E-state index in [-0.39, 0.29) is 0 Å². The fraction of sp³-hybridized carbons (Fsp3) is 0. The Bertz CT molecular complexity index is 136. The first-order valence-corrected chi connectivity index (χ1v) is 2.23. The van der Waals surface area contributed by atoms with Gasteiger partial charge in [0.15, 0.2) is 0 Å². The Labute approximate surface area is 48.0 Å². The zero-order chi connectivity index (χ0) is 5.54. The zero-order valence-electron chi connectivity index (χ0n) is 3.68. The zero-order valence-corrected chi connectivity index (χ0v) is 4.57. The highest BCUT2D eigenvalue weighted by Gasteiger charge is 1.48. The van der Waals surface area contributed by atoms with Crippen LogP contribution in [0.1, 0.15) is 0 Å². The first-order valence-electron chi connectivity index (χ1n) is 1.71. The van der Waals surface area contributed by atoms with E-state index in [1.807, 2.05) is 5.87 Å². The standard InChI is InChI=1S/C5H5NS/c6-4-2-1-3-5-7/h1,3,5-7H/b5-3+. The van der Waals surface area contributed by atoms with Gasteiger partial charge in [0.2, 0.25) is 0 Å². The molecule has 0 radical (unpaired) electrons. The topological polar surface area (TPSA) is 23.9 Å². The van der Waals surface area contributed by atoms with Gasteiger partial charge in [-0.3, -0.25) is 5.41 Å². The second-order valence-electron chi connectivity index (χ2n) is 0.778. The van der Waals surface area contributed by atoms with E-state index in [2.05, 4.69) is 18.4 Å². The minimum absolute atomic E-state index is 1.56. The first-order chi connectivity index (χ1) is 3.41. The van der Waals surface area contributed by atoms with E-state index in [0.717, 1.165) is 0 Å². The number of nitrogens with one attached hydrogen (secondary N) is 1. The third-order valence-electron chi connectivity index (χ3n) is 0.338. The van der Waals surface area contributed by atoms with Crippen LogP contribution in [0.15, 0.2) is 23.3 Å². The van der Waals surface area contributed by atoms with Gasteiger partial charge in [-0.2, -0.15) is 12.6 Å². The van der Waals surface area contributed by atoms with Crippen LogP contribution in [0.2, 0.25) is 0 Å². The summed E-state index contributed by atoms with van der Waals surface area (Å²) in [4.78, 5) is 0. The van der Waals surface area contributed by atoms with Crippen molar-refractivity contribution < 1.29 is 0 Å². The molecule has 2 heteroatoms. The molecule has 0 saturated carbocycles. The first kappa shape index (κ1) is 6.32. The van der Waals surface area contributed by atoms with Crippen LogP contribution < -0.4 is 0 Å². The Morgan fingerprint density at radius 3 is 2.71 bits per heavy atom. The van der Waals surface area contributed by atoms with Crippen LogP contribution in [0, 0.1) is 5.41 Å². The summed E-state index contributed by atoms with van der Waals surface area (Å²) in [5, 5.41) is 7.89. The molecular formula is C5H5NS. The minimum Gasteiger partial charge on any atom is -0.251 e. The van der Waals surface area contributed by atoms with Crippen LogP contribution in [0.5, 0.6) is 0 Å². The second-order valence-corrected chi connectivity index (χ2v) is 1.08. The SMILES string of the molecule is N=C=C=C/C=C/S. The van der Waals surface area contributed by atoms with Gasteiger partial charge in [0.05, 0.1) is 0 Å². The van der Waals surface area contributed by atoms with Gasteiger partial charge in [0.1, 0.15) is 0 Å². The van der Waals surface area contributed by atoms with E-state index in [0.29, 0.717) is 0 Å². The van der Waals surface area contributed by atoms with E-state index in [4.69, 9.17) is 5.41 Å². The Hall–Kier alpha value is -0.680. The van der Waals surface area contributed by atoms with Crippen molar-refractivity contribution in [3.05, 3.63) is 23.3 Å². The van der Waals surface area contributed by atoms with E-state index in [1.54, 1.807) is 17.6 Å². The fourth-order valence-electron chi connectivity index (χ4n) is 0.133. The molecule has 0 aromatic rings. The highest BCUT2D eigenvalue weighted by Crippen LogP contribution is 1.74. The molecule has 0 heterocycles. The van der Waals surface area contributed by atoms with Gasteiger partial charge >= 0.3 is 0 Å². The highest BCUT2D eigenvalue weighted by atomic mass is 32.1. The molecule has 1 nitrogen and oxygen atoms in total. The molecule has 0 aromatic carbocycles. The van der Waals surface area contributed by atoms with Crippen LogP contribution >= 0.6 is 12.6 Å². The van der Waals surface area contributed by atoms with Crippen molar-refractivity contribution in [1.82, 2.24) is 0 Å². The summed E-state index contributed by atoms with van der Waals surface area (Å²) >= 11 is 3.75. The third-order valence-corrected chi connectivity index (χ3v) is 0.510. The van der Waals surface area contributed by atoms with Gasteiger partial charge in [-0.15, -0.1) is 0 Å². The van der Waals surface area contributed by atoms with Crippen LogP contribution in [0.3, 0.4) is 0 Å². The maximum Gasteiger partial charge on any atom is 0.0303 e. The summed E-state index contributed by atoms with van der Waals surface area (Å²) in [5.74, 6) is 1.96. The molecule has 0 aromatic heterocycles. The molecule has 0 amide bonds. The molecule has 0 unspecified atom stereocenters. The Balaban J connectivity index is 3.71. The molecule has 0 saturated heterocycles. The molecule has 0 aliphatic rings. The van der Waals surface area contributed by atoms with Gasteiger partial charge in [-0.25, -0.2) is 0 Å². The second kappa shape index (κ2) is 5.32. The maximum atomic E-state index is 6.33. The molecule has 0 fully saturated rings. The smallest absolute Gasteiger partial charge is 0.0303 e. The molecule has 0 bridgehead atoms. The predicted octanol–water partition coefficient (Wildman–Crippen LogP) is 1.39. The summed E-state index contributed by atoms with van der Waals surface area (Å²) in [6, 6.07) is 0. The summed E-state index contributed by atoms with van der Waals surface area (Å²) < 4.78 is 0. The molecule has 7 heavy (non-hydrogen) atoms. The molecule has 0 atom stereocenters. The van der Waals surface area contributed by atoms with Crippen LogP contribution in [-0.4, -0.2) is 5.87 Å². The third kappa shape index (κ3) is 5.32. The van der Waals surface area contributed by atoms with Crippen molar-refractivity contribution >= 4 is 18.5 Å². The molecule has 0 aliphatic carbocycles. The van der Waals surface area contributed by atoms with E-state index in [1.165, 1.54) is 0 Å².